The van der Waals surface area contributed by atoms with Gasteiger partial charge in [0, 0.05) is 54.9 Å². The Hall–Kier alpha value is -2.22. The van der Waals surface area contributed by atoms with Gasteiger partial charge in [-0.2, -0.15) is 13.2 Å². The van der Waals surface area contributed by atoms with Crippen molar-refractivity contribution in [2.24, 2.45) is 0 Å². The van der Waals surface area contributed by atoms with Crippen molar-refractivity contribution in [3.05, 3.63) is 35.8 Å². The lowest BCUT2D eigenvalue weighted by Crippen LogP contribution is -2.54. The molecule has 1 saturated heterocycles. The highest BCUT2D eigenvalue weighted by Gasteiger charge is 2.36. The van der Waals surface area contributed by atoms with Gasteiger partial charge in [-0.15, -0.1) is 0 Å². The molecule has 144 valence electrons. The molecular formula is C19H22F3N5. The van der Waals surface area contributed by atoms with E-state index in [0.29, 0.717) is 25.5 Å². The van der Waals surface area contributed by atoms with Gasteiger partial charge in [0.15, 0.2) is 5.82 Å². The summed E-state index contributed by atoms with van der Waals surface area (Å²) in [6.07, 6.45) is 2.15. The van der Waals surface area contributed by atoms with Crippen molar-refractivity contribution in [3.63, 3.8) is 0 Å². The molecule has 0 bridgehead atoms. The summed E-state index contributed by atoms with van der Waals surface area (Å²) < 4.78 is 38.3. The maximum absolute atomic E-state index is 12.8. The van der Waals surface area contributed by atoms with E-state index in [0.717, 1.165) is 41.9 Å². The van der Waals surface area contributed by atoms with Gasteiger partial charge in [0.2, 0.25) is 0 Å². The van der Waals surface area contributed by atoms with Crippen molar-refractivity contribution < 1.29 is 13.2 Å². The maximum atomic E-state index is 12.8. The smallest absolute Gasteiger partial charge is 0.353 e. The summed E-state index contributed by atoms with van der Waals surface area (Å²) in [7, 11) is 0. The molecule has 2 aliphatic rings. The second-order valence-electron chi connectivity index (χ2n) is 7.27. The molecule has 1 aliphatic heterocycles. The average molecular weight is 377 g/mol. The molecule has 1 unspecified atom stereocenters. The van der Waals surface area contributed by atoms with Crippen LogP contribution >= 0.6 is 0 Å². The molecule has 0 saturated carbocycles. The molecule has 2 aromatic heterocycles. The largest absolute Gasteiger partial charge is 0.401 e. The molecule has 0 amide bonds. The van der Waals surface area contributed by atoms with E-state index in [-0.39, 0.29) is 6.04 Å². The first-order valence-electron chi connectivity index (χ1n) is 9.26. The van der Waals surface area contributed by atoms with Crippen LogP contribution in [0.4, 0.5) is 19.0 Å². The number of rotatable bonds is 3. The number of fused-ring (bicyclic) bond motifs is 1. The van der Waals surface area contributed by atoms with Crippen LogP contribution in [0.2, 0.25) is 0 Å². The summed E-state index contributed by atoms with van der Waals surface area (Å²) >= 11 is 0. The molecule has 1 aliphatic carbocycles. The number of piperazine rings is 1. The van der Waals surface area contributed by atoms with E-state index >= 15 is 0 Å². The summed E-state index contributed by atoms with van der Waals surface area (Å²) in [6.45, 7) is 2.45. The highest BCUT2D eigenvalue weighted by atomic mass is 19.4. The highest BCUT2D eigenvalue weighted by Crippen LogP contribution is 2.32. The Morgan fingerprint density at radius 3 is 2.59 bits per heavy atom. The fraction of sp³-hybridized carbons (Fsp3) is 0.526. The predicted molar refractivity (Wildman–Crippen MR) is 96.6 cm³/mol. The van der Waals surface area contributed by atoms with E-state index in [2.05, 4.69) is 9.88 Å². The van der Waals surface area contributed by atoms with E-state index in [9.17, 15) is 13.2 Å². The minimum atomic E-state index is -4.17. The monoisotopic (exact) mass is 377 g/mol. The van der Waals surface area contributed by atoms with Crippen molar-refractivity contribution in [1.29, 1.82) is 0 Å². The highest BCUT2D eigenvalue weighted by molar-refractivity contribution is 5.61. The van der Waals surface area contributed by atoms with Crippen LogP contribution in [0.15, 0.2) is 24.5 Å². The van der Waals surface area contributed by atoms with Crippen molar-refractivity contribution in [2.45, 2.75) is 38.4 Å². The number of hydrogen-bond donors (Lipinski definition) is 0. The number of anilines is 1. The number of hydrogen-bond acceptors (Lipinski definition) is 5. The zero-order valence-corrected chi connectivity index (χ0v) is 15.2. The second kappa shape index (κ2) is 7.07. The summed E-state index contributed by atoms with van der Waals surface area (Å²) in [5.74, 6) is 1.56. The van der Waals surface area contributed by atoms with E-state index in [1.54, 1.807) is 12.4 Å². The van der Waals surface area contributed by atoms with Crippen LogP contribution in [0, 0.1) is 0 Å². The lowest BCUT2D eigenvalue weighted by atomic mass is 10.1. The summed E-state index contributed by atoms with van der Waals surface area (Å²) in [5.41, 5.74) is 3.13. The fourth-order valence-electron chi connectivity index (χ4n) is 3.96. The molecule has 5 nitrogen and oxygen atoms in total. The minimum Gasteiger partial charge on any atom is -0.353 e. The number of alkyl halides is 3. The predicted octanol–water partition coefficient (Wildman–Crippen LogP) is 3.10. The van der Waals surface area contributed by atoms with Crippen LogP contribution in [0.25, 0.3) is 11.4 Å². The van der Waals surface area contributed by atoms with E-state index < -0.39 is 12.7 Å². The fourth-order valence-corrected chi connectivity index (χ4v) is 3.96. The van der Waals surface area contributed by atoms with E-state index in [1.165, 1.54) is 4.90 Å². The molecule has 0 N–H and O–H groups in total. The number of aromatic nitrogens is 3. The van der Waals surface area contributed by atoms with Crippen molar-refractivity contribution in [1.82, 2.24) is 19.9 Å². The molecule has 4 rings (SSSR count). The van der Waals surface area contributed by atoms with Crippen LogP contribution in [0.1, 0.15) is 24.6 Å². The zero-order chi connectivity index (χ0) is 19.0. The van der Waals surface area contributed by atoms with Gasteiger partial charge >= 0.3 is 6.18 Å². The normalized spacial score (nSPS) is 20.7. The van der Waals surface area contributed by atoms with Crippen LogP contribution in [-0.2, 0) is 12.8 Å². The number of halogens is 3. The maximum Gasteiger partial charge on any atom is 0.401 e. The van der Waals surface area contributed by atoms with Gasteiger partial charge in [-0.1, -0.05) is 0 Å². The SMILES string of the molecule is CC1CN(c2nc(-c3ccncc3)nc3c2CCC3)CCN1CC(F)(F)F. The Morgan fingerprint density at radius 1 is 1.11 bits per heavy atom. The first kappa shape index (κ1) is 18.2. The van der Waals surface area contributed by atoms with Gasteiger partial charge in [0.05, 0.1) is 6.54 Å². The Kier molecular flexibility index (Phi) is 4.75. The molecule has 1 atom stereocenters. The molecule has 1 fully saturated rings. The molecule has 8 heteroatoms. The molecule has 0 radical (unpaired) electrons. The molecule has 0 spiro atoms. The number of nitrogens with zero attached hydrogens (tertiary/aromatic N) is 5. The quantitative estimate of drug-likeness (QED) is 0.823. The number of pyridine rings is 1. The minimum absolute atomic E-state index is 0.184. The lowest BCUT2D eigenvalue weighted by molar-refractivity contribution is -0.150. The van der Waals surface area contributed by atoms with Gasteiger partial charge in [0.25, 0.3) is 0 Å². The first-order valence-corrected chi connectivity index (χ1v) is 9.26. The number of aryl methyl sites for hydroxylation is 1. The van der Waals surface area contributed by atoms with Crippen LogP contribution < -0.4 is 4.90 Å². The van der Waals surface area contributed by atoms with Crippen LogP contribution in [-0.4, -0.2) is 58.2 Å². The van der Waals surface area contributed by atoms with Crippen molar-refractivity contribution >= 4 is 5.82 Å². The van der Waals surface area contributed by atoms with Crippen LogP contribution in [0.5, 0.6) is 0 Å². The lowest BCUT2D eigenvalue weighted by Gasteiger charge is -2.41. The van der Waals surface area contributed by atoms with E-state index in [4.69, 9.17) is 9.97 Å². The van der Waals surface area contributed by atoms with Gasteiger partial charge in [-0.25, -0.2) is 9.97 Å². The third-order valence-electron chi connectivity index (χ3n) is 5.30. The Balaban J connectivity index is 1.62. The standard InChI is InChI=1S/C19H22F3N5/c1-13-11-26(9-10-27(13)12-19(20,21)22)18-15-3-2-4-16(15)24-17(25-18)14-5-7-23-8-6-14/h5-8,13H,2-4,9-12H2,1H3. The van der Waals surface area contributed by atoms with Crippen LogP contribution in [0.3, 0.4) is 0 Å². The Morgan fingerprint density at radius 2 is 1.89 bits per heavy atom. The molecule has 27 heavy (non-hydrogen) atoms. The van der Waals surface area contributed by atoms with Gasteiger partial charge in [-0.05, 0) is 38.3 Å². The second-order valence-corrected chi connectivity index (χ2v) is 7.27. The zero-order valence-electron chi connectivity index (χ0n) is 15.2. The van der Waals surface area contributed by atoms with Crippen molar-refractivity contribution in [3.8, 4) is 11.4 Å². The molecule has 3 heterocycles. The van der Waals surface area contributed by atoms with Crippen molar-refractivity contribution in [2.75, 3.05) is 31.1 Å². The Labute approximate surface area is 156 Å². The van der Waals surface area contributed by atoms with Gasteiger partial charge < -0.3 is 4.90 Å². The van der Waals surface area contributed by atoms with Gasteiger partial charge in [0.1, 0.15) is 5.82 Å². The first-order chi connectivity index (χ1) is 12.9. The summed E-state index contributed by atoms with van der Waals surface area (Å²) in [6, 6.07) is 3.58. The topological polar surface area (TPSA) is 45.2 Å². The summed E-state index contributed by atoms with van der Waals surface area (Å²) in [5, 5.41) is 0. The molecule has 0 aromatic carbocycles. The molecule has 2 aromatic rings. The summed E-state index contributed by atoms with van der Waals surface area (Å²) in [4.78, 5) is 17.2. The average Bonchev–Trinajstić information content (AvgIpc) is 3.11. The third kappa shape index (κ3) is 3.90. The molecular weight excluding hydrogens is 355 g/mol. The Bertz CT molecular complexity index is 809. The third-order valence-corrected chi connectivity index (χ3v) is 5.30. The van der Waals surface area contributed by atoms with E-state index in [1.807, 2.05) is 19.1 Å². The van der Waals surface area contributed by atoms with Gasteiger partial charge in [-0.3, -0.25) is 9.88 Å².